The Hall–Kier alpha value is -2.93. The predicted octanol–water partition coefficient (Wildman–Crippen LogP) is 3.30. The van der Waals surface area contributed by atoms with Crippen LogP contribution in [-0.4, -0.2) is 92.7 Å². The van der Waals surface area contributed by atoms with Gasteiger partial charge >= 0.3 is 12.2 Å². The Morgan fingerprint density at radius 1 is 0.762 bits per heavy atom. The summed E-state index contributed by atoms with van der Waals surface area (Å²) in [4.78, 5) is 36.8. The molecule has 0 saturated heterocycles. The largest absolute Gasteiger partial charge is 0.444 e. The minimum absolute atomic E-state index is 0.125. The van der Waals surface area contributed by atoms with Gasteiger partial charge in [-0.1, -0.05) is 30.3 Å². The number of hydrogen-bond donors (Lipinski definition) is 4. The first-order valence-electron chi connectivity index (χ1n) is 14.4. The zero-order valence-electron chi connectivity index (χ0n) is 26.0. The lowest BCUT2D eigenvalue weighted by Crippen LogP contribution is -2.48. The van der Waals surface area contributed by atoms with Gasteiger partial charge in [-0.15, -0.1) is 0 Å². The fourth-order valence-corrected chi connectivity index (χ4v) is 3.44. The highest BCUT2D eigenvalue weighted by atomic mass is 16.6. The molecule has 0 bridgehead atoms. The van der Waals surface area contributed by atoms with E-state index in [4.69, 9.17) is 23.7 Å². The third kappa shape index (κ3) is 20.9. The topological polar surface area (TPSA) is 154 Å². The van der Waals surface area contributed by atoms with Crippen molar-refractivity contribution in [2.24, 2.45) is 0 Å². The minimum atomic E-state index is -0.810. The number of aliphatic hydroxyl groups excluding tert-OH is 1. The number of amides is 3. The molecule has 12 nitrogen and oxygen atoms in total. The quantitative estimate of drug-likeness (QED) is 0.176. The SMILES string of the molecule is CC(C)(C)OC(=O)NCCCCC(NC(=O)OC(C)(C)C)C(=O)NCCOCCOCC(O)COCc1ccccc1. The molecule has 0 spiro atoms. The van der Waals surface area contributed by atoms with Crippen molar-refractivity contribution >= 4 is 18.1 Å². The third-order valence-corrected chi connectivity index (χ3v) is 5.24. The molecule has 1 aromatic rings. The van der Waals surface area contributed by atoms with Crippen LogP contribution < -0.4 is 16.0 Å². The number of hydrogen-bond acceptors (Lipinski definition) is 9. The summed E-state index contributed by atoms with van der Waals surface area (Å²) in [6.45, 7) is 12.7. The first kappa shape index (κ1) is 37.1. The van der Waals surface area contributed by atoms with Crippen molar-refractivity contribution in [2.45, 2.75) is 90.8 Å². The van der Waals surface area contributed by atoms with Gasteiger partial charge in [-0.3, -0.25) is 4.79 Å². The molecule has 0 heterocycles. The van der Waals surface area contributed by atoms with Gasteiger partial charge in [0.1, 0.15) is 23.3 Å². The number of unbranched alkanes of at least 4 members (excludes halogenated alkanes) is 1. The number of nitrogens with one attached hydrogen (secondary N) is 3. The lowest BCUT2D eigenvalue weighted by Gasteiger charge is -2.23. The van der Waals surface area contributed by atoms with E-state index in [9.17, 15) is 19.5 Å². The molecular formula is C30H51N3O9. The minimum Gasteiger partial charge on any atom is -0.444 e. The molecule has 0 aliphatic heterocycles. The normalized spacial score (nSPS) is 13.1. The molecule has 0 saturated carbocycles. The zero-order valence-corrected chi connectivity index (χ0v) is 26.0. The van der Waals surface area contributed by atoms with Gasteiger partial charge in [0, 0.05) is 13.1 Å². The molecule has 1 rings (SSSR count). The van der Waals surface area contributed by atoms with Crippen LogP contribution in [0.25, 0.3) is 0 Å². The van der Waals surface area contributed by atoms with Crippen LogP contribution in [-0.2, 0) is 35.1 Å². The first-order chi connectivity index (χ1) is 19.7. The smallest absolute Gasteiger partial charge is 0.408 e. The Balaban J connectivity index is 2.26. The molecule has 0 aliphatic rings. The molecule has 0 radical (unpaired) electrons. The highest BCUT2D eigenvalue weighted by Gasteiger charge is 2.24. The van der Waals surface area contributed by atoms with E-state index < -0.39 is 35.5 Å². The first-order valence-corrected chi connectivity index (χ1v) is 14.4. The van der Waals surface area contributed by atoms with E-state index in [1.54, 1.807) is 41.5 Å². The van der Waals surface area contributed by atoms with Crippen molar-refractivity contribution in [3.8, 4) is 0 Å². The van der Waals surface area contributed by atoms with Crippen molar-refractivity contribution < 1.29 is 43.2 Å². The Morgan fingerprint density at radius 3 is 2.05 bits per heavy atom. The number of alkyl carbamates (subject to hydrolysis) is 2. The van der Waals surface area contributed by atoms with Crippen LogP contribution in [0.15, 0.2) is 30.3 Å². The van der Waals surface area contributed by atoms with Gasteiger partial charge in [0.05, 0.1) is 39.6 Å². The average Bonchev–Trinajstić information content (AvgIpc) is 2.87. The van der Waals surface area contributed by atoms with Gasteiger partial charge in [-0.2, -0.15) is 0 Å². The third-order valence-electron chi connectivity index (χ3n) is 5.24. The molecule has 0 aromatic heterocycles. The van der Waals surface area contributed by atoms with E-state index >= 15 is 0 Å². The van der Waals surface area contributed by atoms with Gasteiger partial charge in [0.2, 0.25) is 5.91 Å². The molecule has 3 amide bonds. The second-order valence-electron chi connectivity index (χ2n) is 11.8. The molecule has 0 fully saturated rings. The van der Waals surface area contributed by atoms with E-state index in [-0.39, 0.29) is 45.5 Å². The number of carbonyl (C=O) groups is 3. The van der Waals surface area contributed by atoms with E-state index in [0.29, 0.717) is 32.4 Å². The lowest BCUT2D eigenvalue weighted by atomic mass is 10.1. The summed E-state index contributed by atoms with van der Waals surface area (Å²) >= 11 is 0. The maximum Gasteiger partial charge on any atom is 0.408 e. The van der Waals surface area contributed by atoms with E-state index in [1.165, 1.54) is 0 Å². The van der Waals surface area contributed by atoms with Crippen LogP contribution in [0, 0.1) is 0 Å². The molecule has 240 valence electrons. The number of ether oxygens (including phenoxy) is 5. The summed E-state index contributed by atoms with van der Waals surface area (Å²) in [6.07, 6.45) is -0.409. The number of benzene rings is 1. The summed E-state index contributed by atoms with van der Waals surface area (Å²) in [5.74, 6) is -0.362. The fraction of sp³-hybridized carbons (Fsp3) is 0.700. The Kier molecular flexibility index (Phi) is 17.7. The molecule has 12 heteroatoms. The van der Waals surface area contributed by atoms with Crippen LogP contribution in [0.1, 0.15) is 66.4 Å². The van der Waals surface area contributed by atoms with E-state index in [2.05, 4.69) is 16.0 Å². The molecule has 4 N–H and O–H groups in total. The number of carbonyl (C=O) groups excluding carboxylic acids is 3. The summed E-state index contributed by atoms with van der Waals surface area (Å²) in [5, 5.41) is 18.0. The highest BCUT2D eigenvalue weighted by Crippen LogP contribution is 2.09. The Bertz CT molecular complexity index is 902. The van der Waals surface area contributed by atoms with E-state index in [1.807, 2.05) is 30.3 Å². The maximum atomic E-state index is 12.8. The van der Waals surface area contributed by atoms with Gasteiger partial charge in [0.25, 0.3) is 0 Å². The molecule has 2 atom stereocenters. The van der Waals surface area contributed by atoms with Gasteiger partial charge in [-0.05, 0) is 66.4 Å². The van der Waals surface area contributed by atoms with Gasteiger partial charge in [-0.25, -0.2) is 9.59 Å². The van der Waals surface area contributed by atoms with Crippen molar-refractivity contribution in [1.82, 2.24) is 16.0 Å². The fourth-order valence-electron chi connectivity index (χ4n) is 3.44. The predicted molar refractivity (Wildman–Crippen MR) is 158 cm³/mol. The molecule has 0 aliphatic carbocycles. The van der Waals surface area contributed by atoms with E-state index in [0.717, 1.165) is 5.56 Å². The summed E-state index contributed by atoms with van der Waals surface area (Å²) in [6, 6.07) is 8.89. The summed E-state index contributed by atoms with van der Waals surface area (Å²) < 4.78 is 26.9. The number of aliphatic hydroxyl groups is 1. The zero-order chi connectivity index (χ0) is 31.4. The van der Waals surface area contributed by atoms with Gasteiger partial charge < -0.3 is 44.7 Å². The van der Waals surface area contributed by atoms with Crippen LogP contribution in [0.5, 0.6) is 0 Å². The van der Waals surface area contributed by atoms with Crippen LogP contribution in [0.3, 0.4) is 0 Å². The lowest BCUT2D eigenvalue weighted by molar-refractivity contribution is -0.123. The molecule has 1 aromatic carbocycles. The highest BCUT2D eigenvalue weighted by molar-refractivity contribution is 5.85. The number of rotatable bonds is 19. The van der Waals surface area contributed by atoms with Crippen molar-refractivity contribution in [1.29, 1.82) is 0 Å². The summed E-state index contributed by atoms with van der Waals surface area (Å²) in [7, 11) is 0. The standard InChI is InChI=1S/C30H51N3O9/c1-29(2,3)41-27(36)32-15-11-10-14-25(33-28(37)42-30(4,5)6)26(35)31-16-17-38-18-19-39-21-24(34)22-40-20-23-12-8-7-9-13-23/h7-9,12-13,24-25,34H,10-11,14-22H2,1-6H3,(H,31,35)(H,32,36)(H,33,37). The monoisotopic (exact) mass is 597 g/mol. The second kappa shape index (κ2) is 20.1. The maximum absolute atomic E-state index is 12.8. The van der Waals surface area contributed by atoms with Crippen molar-refractivity contribution in [2.75, 3.05) is 46.1 Å². The molecular weight excluding hydrogens is 546 g/mol. The average molecular weight is 598 g/mol. The van der Waals surface area contributed by atoms with Gasteiger partial charge in [0.15, 0.2) is 0 Å². The van der Waals surface area contributed by atoms with Crippen molar-refractivity contribution in [3.05, 3.63) is 35.9 Å². The molecule has 42 heavy (non-hydrogen) atoms. The van der Waals surface area contributed by atoms with Crippen LogP contribution in [0.4, 0.5) is 9.59 Å². The van der Waals surface area contributed by atoms with Crippen LogP contribution in [0.2, 0.25) is 0 Å². The molecule has 2 unspecified atom stereocenters. The van der Waals surface area contributed by atoms with Crippen LogP contribution >= 0.6 is 0 Å². The summed E-state index contributed by atoms with van der Waals surface area (Å²) in [5.41, 5.74) is -0.253. The Labute approximate surface area is 250 Å². The second-order valence-corrected chi connectivity index (χ2v) is 11.8. The Morgan fingerprint density at radius 2 is 1.38 bits per heavy atom. The van der Waals surface area contributed by atoms with Crippen molar-refractivity contribution in [3.63, 3.8) is 0 Å².